The maximum atomic E-state index is 11.9. The van der Waals surface area contributed by atoms with Crippen LogP contribution in [0, 0.1) is 5.92 Å². The third-order valence-electron chi connectivity index (χ3n) is 3.79. The normalized spacial score (nSPS) is 23.4. The van der Waals surface area contributed by atoms with Crippen LogP contribution in [-0.2, 0) is 22.1 Å². The third kappa shape index (κ3) is 2.30. The van der Waals surface area contributed by atoms with Crippen molar-refractivity contribution in [3.63, 3.8) is 0 Å². The number of hydrogen-bond acceptors (Lipinski definition) is 3. The summed E-state index contributed by atoms with van der Waals surface area (Å²) in [5.74, 6) is -1.78. The number of rotatable bonds is 2. The molecule has 0 aromatic carbocycles. The lowest BCUT2D eigenvalue weighted by atomic mass is 9.84. The second-order valence-corrected chi connectivity index (χ2v) is 6.46. The number of amides is 1. The van der Waals surface area contributed by atoms with Crippen molar-refractivity contribution < 1.29 is 14.7 Å². The Morgan fingerprint density at radius 3 is 2.50 bits per heavy atom. The Morgan fingerprint density at radius 2 is 2.00 bits per heavy atom. The van der Waals surface area contributed by atoms with Crippen LogP contribution < -0.4 is 0 Å². The summed E-state index contributed by atoms with van der Waals surface area (Å²) in [4.78, 5) is 24.8. The first kappa shape index (κ1) is 14.6. The van der Waals surface area contributed by atoms with Crippen LogP contribution in [0.4, 0.5) is 0 Å². The van der Waals surface area contributed by atoms with Gasteiger partial charge in [0.1, 0.15) is 0 Å². The number of carbonyl (C=O) groups excluding carboxylic acids is 1. The largest absolute Gasteiger partial charge is 0.481 e. The molecule has 1 aliphatic heterocycles. The van der Waals surface area contributed by atoms with E-state index in [4.69, 9.17) is 0 Å². The van der Waals surface area contributed by atoms with E-state index >= 15 is 0 Å². The van der Waals surface area contributed by atoms with E-state index in [2.05, 4.69) is 5.10 Å². The molecular formula is C14H21N3O3. The summed E-state index contributed by atoms with van der Waals surface area (Å²) >= 11 is 0. The summed E-state index contributed by atoms with van der Waals surface area (Å²) in [7, 11) is 3.47. The molecular weight excluding hydrogens is 258 g/mol. The molecule has 0 radical (unpaired) electrons. The van der Waals surface area contributed by atoms with Crippen molar-refractivity contribution in [3.05, 3.63) is 17.5 Å². The SMILES string of the molecule is CN1C(=O)CC(C(=O)O)C1c1cn(C)nc1C(C)(C)C. The van der Waals surface area contributed by atoms with Gasteiger partial charge in [-0.15, -0.1) is 0 Å². The molecule has 20 heavy (non-hydrogen) atoms. The summed E-state index contributed by atoms with van der Waals surface area (Å²) in [6, 6.07) is -0.442. The van der Waals surface area contributed by atoms with Gasteiger partial charge in [-0.2, -0.15) is 5.10 Å². The van der Waals surface area contributed by atoms with E-state index < -0.39 is 17.9 Å². The van der Waals surface area contributed by atoms with Gasteiger partial charge in [0.05, 0.1) is 17.7 Å². The molecule has 2 heterocycles. The molecule has 0 saturated carbocycles. The molecule has 6 heteroatoms. The zero-order valence-electron chi connectivity index (χ0n) is 12.5. The molecule has 2 unspecified atom stereocenters. The Kier molecular flexibility index (Phi) is 3.36. The van der Waals surface area contributed by atoms with Gasteiger partial charge in [0.15, 0.2) is 0 Å². The van der Waals surface area contributed by atoms with Crippen molar-refractivity contribution in [1.82, 2.24) is 14.7 Å². The number of carboxylic acid groups (broad SMARTS) is 1. The van der Waals surface area contributed by atoms with Crippen LogP contribution in [0.1, 0.15) is 44.5 Å². The number of likely N-dealkylation sites (tertiary alicyclic amines) is 1. The summed E-state index contributed by atoms with van der Waals surface area (Å²) in [5, 5.41) is 13.8. The molecule has 6 nitrogen and oxygen atoms in total. The van der Waals surface area contributed by atoms with Gasteiger partial charge in [-0.1, -0.05) is 20.8 Å². The number of aromatic nitrogens is 2. The number of carboxylic acids is 1. The molecule has 110 valence electrons. The van der Waals surface area contributed by atoms with Crippen molar-refractivity contribution in [1.29, 1.82) is 0 Å². The quantitative estimate of drug-likeness (QED) is 0.886. The van der Waals surface area contributed by atoms with E-state index in [9.17, 15) is 14.7 Å². The second-order valence-electron chi connectivity index (χ2n) is 6.46. The van der Waals surface area contributed by atoms with Crippen LogP contribution in [-0.4, -0.2) is 38.7 Å². The maximum Gasteiger partial charge on any atom is 0.309 e. The minimum atomic E-state index is -0.934. The molecule has 0 spiro atoms. The number of aryl methyl sites for hydroxylation is 1. The lowest BCUT2D eigenvalue weighted by molar-refractivity contribution is -0.142. The Balaban J connectivity index is 2.54. The molecule has 1 aliphatic rings. The monoisotopic (exact) mass is 279 g/mol. The molecule has 1 N–H and O–H groups in total. The van der Waals surface area contributed by atoms with Gasteiger partial charge >= 0.3 is 5.97 Å². The van der Waals surface area contributed by atoms with E-state index in [1.165, 1.54) is 4.90 Å². The van der Waals surface area contributed by atoms with Crippen LogP contribution in [0.2, 0.25) is 0 Å². The smallest absolute Gasteiger partial charge is 0.309 e. The van der Waals surface area contributed by atoms with Crippen molar-refractivity contribution in [2.75, 3.05) is 7.05 Å². The standard InChI is InChI=1S/C14H21N3O3/c1-14(2,3)12-9(7-16(4)15-12)11-8(13(19)20)6-10(18)17(11)5/h7-8,11H,6H2,1-5H3,(H,19,20). The van der Waals surface area contributed by atoms with Gasteiger partial charge in [-0.05, 0) is 0 Å². The molecule has 1 aromatic heterocycles. The Bertz CT molecular complexity index is 557. The summed E-state index contributed by atoms with van der Waals surface area (Å²) < 4.78 is 1.69. The molecule has 2 atom stereocenters. The number of carbonyl (C=O) groups is 2. The predicted molar refractivity (Wildman–Crippen MR) is 73.2 cm³/mol. The Labute approximate surface area is 118 Å². The van der Waals surface area contributed by atoms with Gasteiger partial charge in [0.2, 0.25) is 5.91 Å². The first-order chi connectivity index (χ1) is 9.12. The highest BCUT2D eigenvalue weighted by atomic mass is 16.4. The molecule has 2 rings (SSSR count). The molecule has 0 aliphatic carbocycles. The lowest BCUT2D eigenvalue weighted by Gasteiger charge is -2.26. The average molecular weight is 279 g/mol. The van der Waals surface area contributed by atoms with E-state index in [0.717, 1.165) is 11.3 Å². The van der Waals surface area contributed by atoms with Crippen LogP contribution in [0.3, 0.4) is 0 Å². The highest BCUT2D eigenvalue weighted by molar-refractivity contribution is 5.87. The number of hydrogen-bond donors (Lipinski definition) is 1. The lowest BCUT2D eigenvalue weighted by Crippen LogP contribution is -2.29. The van der Waals surface area contributed by atoms with Crippen LogP contribution >= 0.6 is 0 Å². The number of aliphatic carboxylic acids is 1. The molecule has 1 fully saturated rings. The minimum absolute atomic E-state index is 0.0506. The van der Waals surface area contributed by atoms with Gasteiger partial charge in [-0.25, -0.2) is 0 Å². The number of nitrogens with zero attached hydrogens (tertiary/aromatic N) is 3. The van der Waals surface area contributed by atoms with E-state index in [1.807, 2.05) is 34.0 Å². The summed E-state index contributed by atoms with van der Waals surface area (Å²) in [6.07, 6.45) is 1.88. The molecule has 0 bridgehead atoms. The van der Waals surface area contributed by atoms with Crippen LogP contribution in [0.5, 0.6) is 0 Å². The summed E-state index contributed by atoms with van der Waals surface area (Å²) in [6.45, 7) is 6.10. The van der Waals surface area contributed by atoms with E-state index in [0.29, 0.717) is 0 Å². The first-order valence-corrected chi connectivity index (χ1v) is 6.65. The zero-order valence-corrected chi connectivity index (χ0v) is 12.5. The van der Waals surface area contributed by atoms with Crippen molar-refractivity contribution in [3.8, 4) is 0 Å². The zero-order chi connectivity index (χ0) is 15.2. The Morgan fingerprint density at radius 1 is 1.40 bits per heavy atom. The average Bonchev–Trinajstić information content (AvgIpc) is 2.81. The fourth-order valence-electron chi connectivity index (χ4n) is 2.82. The summed E-state index contributed by atoms with van der Waals surface area (Å²) in [5.41, 5.74) is 1.48. The van der Waals surface area contributed by atoms with Crippen LogP contribution in [0.15, 0.2) is 6.20 Å². The topological polar surface area (TPSA) is 75.4 Å². The predicted octanol–water partition coefficient (Wildman–Crippen LogP) is 1.32. The van der Waals surface area contributed by atoms with Crippen molar-refractivity contribution in [2.45, 2.75) is 38.6 Å². The first-order valence-electron chi connectivity index (χ1n) is 6.65. The maximum absolute atomic E-state index is 11.9. The Hall–Kier alpha value is -1.85. The molecule has 1 amide bonds. The molecule has 1 aromatic rings. The minimum Gasteiger partial charge on any atom is -0.481 e. The van der Waals surface area contributed by atoms with Gasteiger partial charge in [0.25, 0.3) is 0 Å². The highest BCUT2D eigenvalue weighted by Gasteiger charge is 2.45. The molecule has 1 saturated heterocycles. The van der Waals surface area contributed by atoms with Gasteiger partial charge < -0.3 is 10.0 Å². The van der Waals surface area contributed by atoms with E-state index in [1.54, 1.807) is 11.7 Å². The van der Waals surface area contributed by atoms with E-state index in [-0.39, 0.29) is 17.7 Å². The fraction of sp³-hybridized carbons (Fsp3) is 0.643. The van der Waals surface area contributed by atoms with Gasteiger partial charge in [-0.3, -0.25) is 14.3 Å². The fourth-order valence-corrected chi connectivity index (χ4v) is 2.82. The van der Waals surface area contributed by atoms with Crippen LogP contribution in [0.25, 0.3) is 0 Å². The third-order valence-corrected chi connectivity index (χ3v) is 3.79. The highest BCUT2D eigenvalue weighted by Crippen LogP contribution is 2.40. The van der Waals surface area contributed by atoms with Gasteiger partial charge in [0, 0.05) is 37.7 Å². The second kappa shape index (κ2) is 4.61. The van der Waals surface area contributed by atoms with Crippen molar-refractivity contribution in [2.24, 2.45) is 13.0 Å². The van der Waals surface area contributed by atoms with Crippen molar-refractivity contribution >= 4 is 11.9 Å².